The summed E-state index contributed by atoms with van der Waals surface area (Å²) in [6.07, 6.45) is -0.198. The highest BCUT2D eigenvalue weighted by molar-refractivity contribution is 7.89. The molecule has 11 nitrogen and oxygen atoms in total. The van der Waals surface area contributed by atoms with Crippen LogP contribution >= 0.6 is 0 Å². The molecule has 2 aromatic rings. The van der Waals surface area contributed by atoms with Crippen molar-refractivity contribution in [3.63, 3.8) is 0 Å². The van der Waals surface area contributed by atoms with Crippen LogP contribution in [0.15, 0.2) is 53.4 Å². The largest absolute Gasteiger partial charge is 0.454 e. The second-order valence-electron chi connectivity index (χ2n) is 11.0. The molecule has 3 aliphatic heterocycles. The Kier molecular flexibility index (Phi) is 9.89. The number of fused-ring (bicyclic) bond motifs is 2. The average Bonchev–Trinajstić information content (AvgIpc) is 3.74. The molecule has 0 bridgehead atoms. The van der Waals surface area contributed by atoms with Crippen LogP contribution < -0.4 is 14.8 Å². The maximum atomic E-state index is 14.0. The lowest BCUT2D eigenvalue weighted by Gasteiger charge is -2.31. The summed E-state index contributed by atoms with van der Waals surface area (Å²) in [6.45, 7) is 4.83. The summed E-state index contributed by atoms with van der Waals surface area (Å²) < 4.78 is 56.8. The fourth-order valence-electron chi connectivity index (χ4n) is 5.65. The number of ether oxygens (including phenoxy) is 5. The quantitative estimate of drug-likeness (QED) is 0.353. The van der Waals surface area contributed by atoms with Gasteiger partial charge in [-0.3, -0.25) is 0 Å². The molecule has 42 heavy (non-hydrogen) atoms. The second-order valence-corrected chi connectivity index (χ2v) is 12.9. The molecule has 0 spiro atoms. The Morgan fingerprint density at radius 2 is 1.83 bits per heavy atom. The van der Waals surface area contributed by atoms with E-state index in [0.717, 1.165) is 24.8 Å². The number of nitrogens with one attached hydrogen (secondary N) is 1. The van der Waals surface area contributed by atoms with Crippen molar-refractivity contribution in [2.24, 2.45) is 11.8 Å². The van der Waals surface area contributed by atoms with Gasteiger partial charge in [0.05, 0.1) is 36.2 Å². The van der Waals surface area contributed by atoms with Gasteiger partial charge in [-0.05, 0) is 36.5 Å². The van der Waals surface area contributed by atoms with Crippen LogP contribution in [0.3, 0.4) is 0 Å². The second kappa shape index (κ2) is 13.6. The van der Waals surface area contributed by atoms with Gasteiger partial charge >= 0.3 is 6.09 Å². The molecule has 2 N–H and O–H groups in total. The molecule has 1 amide bonds. The molecular weight excluding hydrogens is 564 g/mol. The van der Waals surface area contributed by atoms with Gasteiger partial charge in [0.15, 0.2) is 17.8 Å². The number of sulfonamides is 1. The summed E-state index contributed by atoms with van der Waals surface area (Å²) >= 11 is 0. The number of amides is 1. The zero-order valence-corrected chi connectivity index (χ0v) is 24.8. The van der Waals surface area contributed by atoms with Gasteiger partial charge in [0.1, 0.15) is 6.10 Å². The highest BCUT2D eigenvalue weighted by atomic mass is 32.2. The van der Waals surface area contributed by atoms with Gasteiger partial charge in [-0.1, -0.05) is 57.0 Å². The number of alkyl carbamates (subject to hydrolysis) is 1. The van der Waals surface area contributed by atoms with Gasteiger partial charge in [0.2, 0.25) is 16.8 Å². The third kappa shape index (κ3) is 7.00. The number of nitrogens with zero attached hydrogens (tertiary/aromatic N) is 1. The standard InChI is InChI=1S/C30H40N2O9S/c1-3-20(4-2)16-32(42(35,36)22-10-11-26-27(15-22)40-19-39-26)17-25(33)24(14-21-8-6-5-7-9-21)31-30(34)41-28-18-38-29-23(28)12-13-37-29/h5-11,15,20,23-25,28-29,33H,3-4,12-14,16-19H2,1-2H3,(H,31,34)/t23-,24-,25+,28-,29+/m0/s1. The minimum absolute atomic E-state index is 0.0271. The van der Waals surface area contributed by atoms with Crippen molar-refractivity contribution in [1.29, 1.82) is 0 Å². The summed E-state index contributed by atoms with van der Waals surface area (Å²) in [7, 11) is -4.03. The zero-order valence-electron chi connectivity index (χ0n) is 24.0. The third-order valence-corrected chi connectivity index (χ3v) is 10.1. The number of hydrogen-bond acceptors (Lipinski definition) is 9. The molecule has 0 unspecified atom stereocenters. The molecule has 2 saturated heterocycles. The number of carbonyl (C=O) groups excluding carboxylic acids is 1. The van der Waals surface area contributed by atoms with Crippen LogP contribution in [0.4, 0.5) is 4.79 Å². The number of rotatable bonds is 13. The number of carbonyl (C=O) groups is 1. The number of aliphatic hydroxyl groups excluding tert-OH is 1. The van der Waals surface area contributed by atoms with Crippen molar-refractivity contribution < 1.29 is 42.0 Å². The maximum absolute atomic E-state index is 14.0. The van der Waals surface area contributed by atoms with Crippen LogP contribution in [0.25, 0.3) is 0 Å². The van der Waals surface area contributed by atoms with Crippen LogP contribution in [-0.2, 0) is 30.7 Å². The van der Waals surface area contributed by atoms with Crippen molar-refractivity contribution in [2.75, 3.05) is 33.1 Å². The number of benzene rings is 2. The van der Waals surface area contributed by atoms with E-state index in [2.05, 4.69) is 5.32 Å². The van der Waals surface area contributed by atoms with Crippen LogP contribution in [0, 0.1) is 11.8 Å². The summed E-state index contributed by atoms with van der Waals surface area (Å²) in [5, 5.41) is 14.4. The van der Waals surface area contributed by atoms with E-state index in [1.165, 1.54) is 16.4 Å². The SMILES string of the molecule is CCC(CC)CN(C[C@@H](O)[C@H](Cc1ccccc1)NC(=O)O[C@H]1CO[C@H]2OCC[C@H]21)S(=O)(=O)c1ccc2c(c1)OCO2. The topological polar surface area (TPSA) is 133 Å². The summed E-state index contributed by atoms with van der Waals surface area (Å²) in [5.41, 5.74) is 0.875. The normalized spacial score (nSPS) is 22.7. The first kappa shape index (κ1) is 30.6. The van der Waals surface area contributed by atoms with Gasteiger partial charge in [0, 0.05) is 19.2 Å². The van der Waals surface area contributed by atoms with Crippen LogP contribution in [0.1, 0.15) is 38.7 Å². The predicted octanol–water partition coefficient (Wildman–Crippen LogP) is 3.30. The Balaban J connectivity index is 1.35. The smallest absolute Gasteiger partial charge is 0.407 e. The molecule has 2 aromatic carbocycles. The fraction of sp³-hybridized carbons (Fsp3) is 0.567. The van der Waals surface area contributed by atoms with E-state index in [1.54, 1.807) is 6.07 Å². The molecule has 0 saturated carbocycles. The molecule has 3 aliphatic rings. The van der Waals surface area contributed by atoms with Crippen molar-refractivity contribution >= 4 is 16.1 Å². The highest BCUT2D eigenvalue weighted by Gasteiger charge is 2.44. The van der Waals surface area contributed by atoms with E-state index in [4.69, 9.17) is 23.7 Å². The lowest BCUT2D eigenvalue weighted by molar-refractivity contribution is -0.0907. The van der Waals surface area contributed by atoms with Crippen molar-refractivity contribution in [3.8, 4) is 11.5 Å². The van der Waals surface area contributed by atoms with Gasteiger partial charge in [-0.25, -0.2) is 13.2 Å². The lowest BCUT2D eigenvalue weighted by Crippen LogP contribution is -2.52. The molecule has 0 radical (unpaired) electrons. The summed E-state index contributed by atoms with van der Waals surface area (Å²) in [6, 6.07) is 13.1. The molecule has 12 heteroatoms. The fourth-order valence-corrected chi connectivity index (χ4v) is 7.20. The van der Waals surface area contributed by atoms with E-state index >= 15 is 0 Å². The van der Waals surface area contributed by atoms with Crippen LogP contribution in [0.5, 0.6) is 11.5 Å². The van der Waals surface area contributed by atoms with Gasteiger partial charge in [-0.2, -0.15) is 4.31 Å². The van der Waals surface area contributed by atoms with Crippen molar-refractivity contribution in [1.82, 2.24) is 9.62 Å². The molecule has 3 heterocycles. The van der Waals surface area contributed by atoms with E-state index in [0.29, 0.717) is 18.1 Å². The molecule has 5 atom stereocenters. The Labute approximate surface area is 247 Å². The number of hydrogen-bond donors (Lipinski definition) is 2. The van der Waals surface area contributed by atoms with E-state index < -0.39 is 34.4 Å². The predicted molar refractivity (Wildman–Crippen MR) is 153 cm³/mol. The molecule has 5 rings (SSSR count). The number of aliphatic hydroxyl groups is 1. The lowest BCUT2D eigenvalue weighted by atomic mass is 10.0. The van der Waals surface area contributed by atoms with E-state index in [9.17, 15) is 18.3 Å². The molecular formula is C30H40N2O9S. The van der Waals surface area contributed by atoms with Crippen LogP contribution in [-0.4, -0.2) is 81.6 Å². The van der Waals surface area contributed by atoms with Crippen LogP contribution in [0.2, 0.25) is 0 Å². The van der Waals surface area contributed by atoms with Gasteiger partial charge < -0.3 is 34.1 Å². The summed E-state index contributed by atoms with van der Waals surface area (Å²) in [4.78, 5) is 13.1. The maximum Gasteiger partial charge on any atom is 0.407 e. The van der Waals surface area contributed by atoms with Crippen molar-refractivity contribution in [3.05, 3.63) is 54.1 Å². The first-order chi connectivity index (χ1) is 20.3. The third-order valence-electron chi connectivity index (χ3n) is 8.30. The first-order valence-corrected chi connectivity index (χ1v) is 16.0. The minimum atomic E-state index is -4.03. The Hall–Kier alpha value is -2.90. The van der Waals surface area contributed by atoms with Crippen molar-refractivity contribution in [2.45, 2.75) is 69.0 Å². The Morgan fingerprint density at radius 3 is 2.60 bits per heavy atom. The van der Waals surface area contributed by atoms with Gasteiger partial charge in [-0.15, -0.1) is 0 Å². The molecule has 230 valence electrons. The van der Waals surface area contributed by atoms with E-state index in [-0.39, 0.29) is 55.9 Å². The molecule has 0 aliphatic carbocycles. The first-order valence-electron chi connectivity index (χ1n) is 14.6. The monoisotopic (exact) mass is 604 g/mol. The Morgan fingerprint density at radius 1 is 1.07 bits per heavy atom. The average molecular weight is 605 g/mol. The zero-order chi connectivity index (χ0) is 29.7. The van der Waals surface area contributed by atoms with Gasteiger partial charge in [0.25, 0.3) is 0 Å². The minimum Gasteiger partial charge on any atom is -0.454 e. The Bertz CT molecular complexity index is 1310. The van der Waals surface area contributed by atoms with E-state index in [1.807, 2.05) is 44.2 Å². The highest BCUT2D eigenvalue weighted by Crippen LogP contribution is 2.35. The summed E-state index contributed by atoms with van der Waals surface area (Å²) in [5.74, 6) is 0.886. The molecule has 2 fully saturated rings. The molecule has 0 aromatic heterocycles.